The Hall–Kier alpha value is -1.68. The number of hydrogen-bond acceptors (Lipinski definition) is 4. The molecule has 17 heavy (non-hydrogen) atoms. The van der Waals surface area contributed by atoms with Gasteiger partial charge in [-0.3, -0.25) is 9.59 Å². The molecule has 1 amide bonds. The zero-order chi connectivity index (χ0) is 12.7. The fourth-order valence-corrected chi connectivity index (χ4v) is 2.15. The number of nitrogens with zero attached hydrogens (tertiary/aromatic N) is 2. The number of carboxylic acid groups (broad SMARTS) is 1. The Bertz CT molecular complexity index is 330. The SMILES string of the molecule is O=C=NCC(=O)N(CC(=O)O)C1CCCCC1. The molecule has 1 N–H and O–H groups in total. The van der Waals surface area contributed by atoms with E-state index in [0.29, 0.717) is 0 Å². The van der Waals surface area contributed by atoms with Crippen LogP contribution in [0.25, 0.3) is 0 Å². The van der Waals surface area contributed by atoms with Crippen LogP contribution in [0, 0.1) is 0 Å². The number of aliphatic imine (C=N–C) groups is 1. The van der Waals surface area contributed by atoms with E-state index in [1.807, 2.05) is 0 Å². The van der Waals surface area contributed by atoms with Crippen LogP contribution in [0.15, 0.2) is 4.99 Å². The molecule has 0 unspecified atom stereocenters. The Balaban J connectivity index is 2.66. The van der Waals surface area contributed by atoms with Crippen molar-refractivity contribution >= 4 is 18.0 Å². The Labute approximate surface area is 99.3 Å². The molecule has 0 aromatic heterocycles. The lowest BCUT2D eigenvalue weighted by Gasteiger charge is -2.32. The zero-order valence-corrected chi connectivity index (χ0v) is 9.59. The number of carbonyl (C=O) groups excluding carboxylic acids is 2. The first-order valence-electron chi connectivity index (χ1n) is 5.70. The molecular formula is C11H16N2O4. The minimum Gasteiger partial charge on any atom is -0.480 e. The molecule has 6 nitrogen and oxygen atoms in total. The maximum atomic E-state index is 11.7. The minimum atomic E-state index is -1.04. The maximum Gasteiger partial charge on any atom is 0.323 e. The van der Waals surface area contributed by atoms with Gasteiger partial charge in [-0.25, -0.2) is 4.79 Å². The first kappa shape index (κ1) is 13.4. The first-order valence-corrected chi connectivity index (χ1v) is 5.70. The highest BCUT2D eigenvalue weighted by molar-refractivity contribution is 5.83. The predicted molar refractivity (Wildman–Crippen MR) is 59.2 cm³/mol. The molecule has 0 radical (unpaired) electrons. The number of hydrogen-bond donors (Lipinski definition) is 1. The lowest BCUT2D eigenvalue weighted by atomic mass is 9.94. The molecule has 1 aliphatic rings. The van der Waals surface area contributed by atoms with Gasteiger partial charge in [-0.05, 0) is 12.8 Å². The average molecular weight is 240 g/mol. The molecule has 6 heteroatoms. The predicted octanol–water partition coefficient (Wildman–Crippen LogP) is 0.568. The molecule has 1 fully saturated rings. The first-order chi connectivity index (χ1) is 8.15. The molecule has 0 saturated heterocycles. The summed E-state index contributed by atoms with van der Waals surface area (Å²) in [6.45, 7) is -0.634. The molecule has 0 heterocycles. The van der Waals surface area contributed by atoms with Crippen molar-refractivity contribution in [1.29, 1.82) is 0 Å². The molecule has 0 aromatic carbocycles. The molecule has 0 aliphatic heterocycles. The summed E-state index contributed by atoms with van der Waals surface area (Å²) in [5, 5.41) is 8.79. The number of carbonyl (C=O) groups is 2. The van der Waals surface area contributed by atoms with Gasteiger partial charge >= 0.3 is 5.97 Å². The monoisotopic (exact) mass is 240 g/mol. The highest BCUT2D eigenvalue weighted by atomic mass is 16.4. The zero-order valence-electron chi connectivity index (χ0n) is 9.59. The van der Waals surface area contributed by atoms with Gasteiger partial charge in [0.1, 0.15) is 13.1 Å². The van der Waals surface area contributed by atoms with E-state index < -0.39 is 11.9 Å². The largest absolute Gasteiger partial charge is 0.480 e. The standard InChI is InChI=1S/C11H16N2O4/c14-8-12-6-10(15)13(7-11(16)17)9-4-2-1-3-5-9/h9H,1-7H2,(H,16,17). The summed E-state index contributed by atoms with van der Waals surface area (Å²) in [4.78, 5) is 36.9. The second kappa shape index (κ2) is 6.81. The van der Waals surface area contributed by atoms with Crippen LogP contribution in [0.4, 0.5) is 0 Å². The Kier molecular flexibility index (Phi) is 5.36. The van der Waals surface area contributed by atoms with E-state index in [4.69, 9.17) is 5.11 Å². The second-order valence-corrected chi connectivity index (χ2v) is 4.11. The van der Waals surface area contributed by atoms with Crippen molar-refractivity contribution in [2.45, 2.75) is 38.1 Å². The summed E-state index contributed by atoms with van der Waals surface area (Å²) in [5.41, 5.74) is 0. The molecule has 1 rings (SSSR count). The Morgan fingerprint density at radius 1 is 1.29 bits per heavy atom. The summed E-state index contributed by atoms with van der Waals surface area (Å²) in [7, 11) is 0. The van der Waals surface area contributed by atoms with Crippen LogP contribution in [-0.4, -0.2) is 47.1 Å². The van der Waals surface area contributed by atoms with Crippen LogP contribution in [-0.2, 0) is 14.4 Å². The average Bonchev–Trinajstić information content (AvgIpc) is 2.34. The summed E-state index contributed by atoms with van der Waals surface area (Å²) in [6, 6.07) is -0.0331. The van der Waals surface area contributed by atoms with Crippen LogP contribution < -0.4 is 0 Å². The number of aliphatic carboxylic acids is 1. The third kappa shape index (κ3) is 4.36. The second-order valence-electron chi connectivity index (χ2n) is 4.11. The van der Waals surface area contributed by atoms with E-state index in [-0.39, 0.29) is 19.1 Å². The van der Waals surface area contributed by atoms with Crippen LogP contribution in [0.2, 0.25) is 0 Å². The van der Waals surface area contributed by atoms with Gasteiger partial charge in [-0.15, -0.1) is 0 Å². The fourth-order valence-electron chi connectivity index (χ4n) is 2.15. The van der Waals surface area contributed by atoms with Gasteiger partial charge in [0.2, 0.25) is 12.0 Å². The van der Waals surface area contributed by atoms with E-state index >= 15 is 0 Å². The van der Waals surface area contributed by atoms with Gasteiger partial charge in [-0.2, -0.15) is 4.99 Å². The lowest BCUT2D eigenvalue weighted by Crippen LogP contribution is -2.45. The van der Waals surface area contributed by atoms with Crippen LogP contribution in [0.5, 0.6) is 0 Å². The number of carboxylic acids is 1. The van der Waals surface area contributed by atoms with Crippen molar-refractivity contribution in [3.63, 3.8) is 0 Å². The minimum absolute atomic E-state index is 0.0331. The van der Waals surface area contributed by atoms with E-state index in [2.05, 4.69) is 4.99 Å². The molecule has 1 aliphatic carbocycles. The molecule has 0 bridgehead atoms. The van der Waals surface area contributed by atoms with E-state index in [1.165, 1.54) is 11.0 Å². The maximum absolute atomic E-state index is 11.7. The molecule has 0 spiro atoms. The Morgan fingerprint density at radius 3 is 2.47 bits per heavy atom. The molecule has 0 aromatic rings. The lowest BCUT2D eigenvalue weighted by molar-refractivity contribution is -0.146. The third-order valence-corrected chi connectivity index (χ3v) is 2.92. The number of amides is 1. The number of isocyanates is 1. The topological polar surface area (TPSA) is 87.0 Å². The highest BCUT2D eigenvalue weighted by Gasteiger charge is 2.26. The van der Waals surface area contributed by atoms with Crippen LogP contribution in [0.1, 0.15) is 32.1 Å². The van der Waals surface area contributed by atoms with Crippen molar-refractivity contribution in [2.24, 2.45) is 4.99 Å². The molecular weight excluding hydrogens is 224 g/mol. The highest BCUT2D eigenvalue weighted by Crippen LogP contribution is 2.22. The van der Waals surface area contributed by atoms with Gasteiger partial charge in [0, 0.05) is 6.04 Å². The molecule has 1 saturated carbocycles. The van der Waals surface area contributed by atoms with Gasteiger partial charge < -0.3 is 10.0 Å². The smallest absolute Gasteiger partial charge is 0.323 e. The van der Waals surface area contributed by atoms with Crippen molar-refractivity contribution in [1.82, 2.24) is 4.90 Å². The van der Waals surface area contributed by atoms with Gasteiger partial charge in [-0.1, -0.05) is 19.3 Å². The fraction of sp³-hybridized carbons (Fsp3) is 0.727. The van der Waals surface area contributed by atoms with Crippen LogP contribution in [0.3, 0.4) is 0 Å². The van der Waals surface area contributed by atoms with Gasteiger partial charge in [0.25, 0.3) is 0 Å². The van der Waals surface area contributed by atoms with Gasteiger partial charge in [0.15, 0.2) is 0 Å². The quantitative estimate of drug-likeness (QED) is 0.562. The van der Waals surface area contributed by atoms with Crippen molar-refractivity contribution in [3.05, 3.63) is 0 Å². The summed E-state index contributed by atoms with van der Waals surface area (Å²) in [6.07, 6.45) is 6.07. The number of rotatable bonds is 5. The van der Waals surface area contributed by atoms with E-state index in [0.717, 1.165) is 32.1 Å². The van der Waals surface area contributed by atoms with Crippen molar-refractivity contribution < 1.29 is 19.5 Å². The van der Waals surface area contributed by atoms with E-state index in [9.17, 15) is 14.4 Å². The molecule has 0 atom stereocenters. The van der Waals surface area contributed by atoms with E-state index in [1.54, 1.807) is 0 Å². The van der Waals surface area contributed by atoms with Crippen molar-refractivity contribution in [3.8, 4) is 0 Å². The summed E-state index contributed by atoms with van der Waals surface area (Å²) >= 11 is 0. The van der Waals surface area contributed by atoms with Crippen LogP contribution >= 0.6 is 0 Å². The summed E-state index contributed by atoms with van der Waals surface area (Å²) in [5.74, 6) is -1.46. The Morgan fingerprint density at radius 2 is 1.94 bits per heavy atom. The summed E-state index contributed by atoms with van der Waals surface area (Å²) < 4.78 is 0. The normalized spacial score (nSPS) is 16.0. The third-order valence-electron chi connectivity index (χ3n) is 2.92. The molecule has 94 valence electrons. The van der Waals surface area contributed by atoms with Gasteiger partial charge in [0.05, 0.1) is 0 Å². The van der Waals surface area contributed by atoms with Crippen molar-refractivity contribution in [2.75, 3.05) is 13.1 Å².